The molecule has 0 bridgehead atoms. The topological polar surface area (TPSA) is 26.3 Å². The van der Waals surface area contributed by atoms with E-state index in [0.717, 1.165) is 12.8 Å². The van der Waals surface area contributed by atoms with Crippen molar-refractivity contribution < 1.29 is 9.53 Å². The SMILES string of the molecule is CCOC(=O)C(CC)C/C=C\C(C)C. The van der Waals surface area contributed by atoms with Gasteiger partial charge >= 0.3 is 5.97 Å². The first kappa shape index (κ1) is 13.2. The first-order chi connectivity index (χ1) is 6.61. The second-order valence-corrected chi connectivity index (χ2v) is 3.77. The summed E-state index contributed by atoms with van der Waals surface area (Å²) in [6.45, 7) is 8.59. The van der Waals surface area contributed by atoms with Crippen LogP contribution >= 0.6 is 0 Å². The number of hydrogen-bond donors (Lipinski definition) is 0. The zero-order valence-electron chi connectivity index (χ0n) is 9.75. The standard InChI is InChI=1S/C12H22O2/c1-5-11(12(13)14-6-2)9-7-8-10(3)4/h7-8,10-11H,5-6,9H2,1-4H3/b8-7-. The Bertz CT molecular complexity index is 183. The highest BCUT2D eigenvalue weighted by Crippen LogP contribution is 2.12. The predicted octanol–water partition coefficient (Wildman–Crippen LogP) is 3.18. The third kappa shape index (κ3) is 5.79. The second-order valence-electron chi connectivity index (χ2n) is 3.77. The highest BCUT2D eigenvalue weighted by Gasteiger charge is 2.15. The Hall–Kier alpha value is -0.790. The molecule has 0 rings (SSSR count). The van der Waals surface area contributed by atoms with Crippen LogP contribution in [-0.4, -0.2) is 12.6 Å². The molecule has 0 N–H and O–H groups in total. The molecule has 82 valence electrons. The maximum Gasteiger partial charge on any atom is 0.309 e. The largest absolute Gasteiger partial charge is 0.466 e. The van der Waals surface area contributed by atoms with Crippen molar-refractivity contribution in [3.05, 3.63) is 12.2 Å². The van der Waals surface area contributed by atoms with Gasteiger partial charge in [0.1, 0.15) is 0 Å². The Morgan fingerprint density at radius 1 is 1.36 bits per heavy atom. The van der Waals surface area contributed by atoms with E-state index in [1.807, 2.05) is 13.8 Å². The molecule has 0 aliphatic carbocycles. The van der Waals surface area contributed by atoms with Crippen LogP contribution in [0.2, 0.25) is 0 Å². The summed E-state index contributed by atoms with van der Waals surface area (Å²) in [6.07, 6.45) is 5.85. The highest BCUT2D eigenvalue weighted by molar-refractivity contribution is 5.72. The van der Waals surface area contributed by atoms with Crippen LogP contribution in [0.3, 0.4) is 0 Å². The van der Waals surface area contributed by atoms with E-state index < -0.39 is 0 Å². The van der Waals surface area contributed by atoms with Crippen LogP contribution < -0.4 is 0 Å². The van der Waals surface area contributed by atoms with E-state index in [2.05, 4.69) is 26.0 Å². The van der Waals surface area contributed by atoms with Crippen molar-refractivity contribution in [3.8, 4) is 0 Å². The number of carbonyl (C=O) groups is 1. The molecule has 0 aromatic heterocycles. The molecule has 0 amide bonds. The third-order valence-electron chi connectivity index (χ3n) is 2.05. The van der Waals surface area contributed by atoms with Gasteiger partial charge in [0.2, 0.25) is 0 Å². The summed E-state index contributed by atoms with van der Waals surface area (Å²) in [5, 5.41) is 0. The van der Waals surface area contributed by atoms with Crippen molar-refractivity contribution in [2.24, 2.45) is 11.8 Å². The maximum absolute atomic E-state index is 11.4. The molecule has 0 spiro atoms. The Morgan fingerprint density at radius 2 is 2.00 bits per heavy atom. The van der Waals surface area contributed by atoms with Crippen LogP contribution in [-0.2, 0) is 9.53 Å². The molecule has 14 heavy (non-hydrogen) atoms. The Morgan fingerprint density at radius 3 is 2.43 bits per heavy atom. The van der Waals surface area contributed by atoms with Crippen molar-refractivity contribution in [1.82, 2.24) is 0 Å². The second kappa shape index (κ2) is 7.60. The minimum Gasteiger partial charge on any atom is -0.466 e. The Balaban J connectivity index is 3.96. The van der Waals surface area contributed by atoms with Crippen molar-refractivity contribution in [2.45, 2.75) is 40.5 Å². The minimum absolute atomic E-state index is 0.0324. The van der Waals surface area contributed by atoms with Crippen LogP contribution in [0.25, 0.3) is 0 Å². The molecule has 0 aliphatic rings. The number of carbonyl (C=O) groups excluding carboxylic acids is 1. The highest BCUT2D eigenvalue weighted by atomic mass is 16.5. The molecule has 1 unspecified atom stereocenters. The van der Waals surface area contributed by atoms with Crippen LogP contribution in [0.15, 0.2) is 12.2 Å². The summed E-state index contributed by atoms with van der Waals surface area (Å²) >= 11 is 0. The van der Waals surface area contributed by atoms with Gasteiger partial charge < -0.3 is 4.74 Å². The normalized spacial score (nSPS) is 13.5. The molecule has 2 nitrogen and oxygen atoms in total. The van der Waals surface area contributed by atoms with E-state index in [1.165, 1.54) is 0 Å². The van der Waals surface area contributed by atoms with Crippen molar-refractivity contribution >= 4 is 5.97 Å². The summed E-state index contributed by atoms with van der Waals surface area (Å²) in [5.41, 5.74) is 0. The van der Waals surface area contributed by atoms with E-state index >= 15 is 0 Å². The van der Waals surface area contributed by atoms with Gasteiger partial charge in [0.15, 0.2) is 0 Å². The number of hydrogen-bond acceptors (Lipinski definition) is 2. The van der Waals surface area contributed by atoms with E-state index in [4.69, 9.17) is 4.74 Å². The number of rotatable bonds is 6. The molecule has 0 aromatic rings. The molecule has 0 heterocycles. The van der Waals surface area contributed by atoms with E-state index in [9.17, 15) is 4.79 Å². The van der Waals surface area contributed by atoms with E-state index in [1.54, 1.807) is 0 Å². The van der Waals surface area contributed by atoms with Crippen molar-refractivity contribution in [3.63, 3.8) is 0 Å². The molecule has 0 aliphatic heterocycles. The van der Waals surface area contributed by atoms with Gasteiger partial charge in [-0.3, -0.25) is 4.79 Å². The average Bonchev–Trinajstić information content (AvgIpc) is 2.12. The smallest absolute Gasteiger partial charge is 0.309 e. The fourth-order valence-electron chi connectivity index (χ4n) is 1.20. The van der Waals surface area contributed by atoms with Crippen molar-refractivity contribution in [2.75, 3.05) is 6.61 Å². The summed E-state index contributed by atoms with van der Waals surface area (Å²) in [5.74, 6) is 0.517. The molecule has 2 heteroatoms. The quantitative estimate of drug-likeness (QED) is 0.484. The molecular formula is C12H22O2. The fraction of sp³-hybridized carbons (Fsp3) is 0.750. The van der Waals surface area contributed by atoms with Gasteiger partial charge in [0, 0.05) is 0 Å². The molecule has 0 saturated heterocycles. The van der Waals surface area contributed by atoms with Gasteiger partial charge in [-0.25, -0.2) is 0 Å². The molecular weight excluding hydrogens is 176 g/mol. The van der Waals surface area contributed by atoms with Crippen LogP contribution in [0, 0.1) is 11.8 Å². The lowest BCUT2D eigenvalue weighted by molar-refractivity contribution is -0.148. The van der Waals surface area contributed by atoms with Gasteiger partial charge in [0.05, 0.1) is 12.5 Å². The van der Waals surface area contributed by atoms with Crippen molar-refractivity contribution in [1.29, 1.82) is 0 Å². The van der Waals surface area contributed by atoms with E-state index in [0.29, 0.717) is 12.5 Å². The fourth-order valence-corrected chi connectivity index (χ4v) is 1.20. The number of ether oxygens (including phenoxy) is 1. The van der Waals surface area contributed by atoms with Gasteiger partial charge in [-0.1, -0.05) is 32.9 Å². The van der Waals surface area contributed by atoms with Gasteiger partial charge in [-0.15, -0.1) is 0 Å². The number of esters is 1. The molecule has 0 radical (unpaired) electrons. The van der Waals surface area contributed by atoms with Crippen LogP contribution in [0.4, 0.5) is 0 Å². The van der Waals surface area contributed by atoms with Crippen LogP contribution in [0.1, 0.15) is 40.5 Å². The summed E-state index contributed by atoms with van der Waals surface area (Å²) in [4.78, 5) is 11.4. The zero-order valence-corrected chi connectivity index (χ0v) is 9.75. The minimum atomic E-state index is -0.0663. The predicted molar refractivity (Wildman–Crippen MR) is 59.0 cm³/mol. The van der Waals surface area contributed by atoms with Gasteiger partial charge in [-0.05, 0) is 25.7 Å². The zero-order chi connectivity index (χ0) is 11.0. The monoisotopic (exact) mass is 198 g/mol. The summed E-state index contributed by atoms with van der Waals surface area (Å²) < 4.78 is 4.98. The lowest BCUT2D eigenvalue weighted by Gasteiger charge is -2.10. The lowest BCUT2D eigenvalue weighted by Crippen LogP contribution is -2.16. The molecule has 1 atom stereocenters. The Labute approximate surface area is 87.3 Å². The number of allylic oxidation sites excluding steroid dienone is 2. The first-order valence-electron chi connectivity index (χ1n) is 5.45. The average molecular weight is 198 g/mol. The third-order valence-corrected chi connectivity index (χ3v) is 2.05. The summed E-state index contributed by atoms with van der Waals surface area (Å²) in [6, 6.07) is 0. The summed E-state index contributed by atoms with van der Waals surface area (Å²) in [7, 11) is 0. The molecule has 0 saturated carbocycles. The first-order valence-corrected chi connectivity index (χ1v) is 5.45. The molecule has 0 fully saturated rings. The van der Waals surface area contributed by atoms with Crippen LogP contribution in [0.5, 0.6) is 0 Å². The van der Waals surface area contributed by atoms with Gasteiger partial charge in [-0.2, -0.15) is 0 Å². The lowest BCUT2D eigenvalue weighted by atomic mass is 10.0. The Kier molecular flexibility index (Phi) is 7.17. The van der Waals surface area contributed by atoms with Gasteiger partial charge in [0.25, 0.3) is 0 Å². The maximum atomic E-state index is 11.4. The van der Waals surface area contributed by atoms with E-state index in [-0.39, 0.29) is 11.9 Å². The molecule has 0 aromatic carbocycles.